The lowest BCUT2D eigenvalue weighted by atomic mass is 9.90. The van der Waals surface area contributed by atoms with E-state index in [9.17, 15) is 9.59 Å². The number of rotatable bonds is 13. The van der Waals surface area contributed by atoms with Crippen molar-refractivity contribution in [3.63, 3.8) is 0 Å². The zero-order valence-electron chi connectivity index (χ0n) is 33.9. The number of alkyl carbamates (subject to hydrolysis) is 1. The number of hydrogen-bond donors (Lipinski definition) is 2. The van der Waals surface area contributed by atoms with Crippen LogP contribution in [0.15, 0.2) is 66.7 Å². The standard InChI is InChI=1S/C44H59N5O5S/c1-30-40(31(2)49(47-30)29-53-25-26-55(6,7)8)35-15-18-37(19-16-35)45-42(50)41(46-43(51)54-44(3,4)5)38-20-17-34-13-14-36(27-39(34)38)33-11-9-32(10-12-33)28-48-21-23-52-24-22-48/h9-16,18-19,27,38,41H,17,20-26,28-29H2,1-8H3,(H,45,50)(H,46,51)/t38-,41+/m1/s1. The fraction of sp³-hybridized carbons (Fsp3) is 0.477. The third-order valence-corrected chi connectivity index (χ3v) is 11.7. The minimum absolute atomic E-state index is 0.231. The second-order valence-electron chi connectivity index (χ2n) is 16.7. The molecule has 1 aliphatic carbocycles. The summed E-state index contributed by atoms with van der Waals surface area (Å²) in [5.41, 5.74) is 9.69. The number of carbonyl (C=O) groups excluding carboxylic acids is 2. The van der Waals surface area contributed by atoms with Gasteiger partial charge in [0.2, 0.25) is 5.91 Å². The topological polar surface area (TPSA) is 107 Å². The Balaban J connectivity index is 1.18. The van der Waals surface area contributed by atoms with Crippen LogP contribution < -0.4 is 10.6 Å². The predicted octanol–water partition coefficient (Wildman–Crippen LogP) is 7.90. The van der Waals surface area contributed by atoms with Crippen LogP contribution in [0.1, 0.15) is 61.2 Å². The summed E-state index contributed by atoms with van der Waals surface area (Å²) in [4.78, 5) is 29.8. The van der Waals surface area contributed by atoms with Crippen molar-refractivity contribution in [3.05, 3.63) is 94.8 Å². The summed E-state index contributed by atoms with van der Waals surface area (Å²) in [6, 6.07) is 22.2. The lowest BCUT2D eigenvalue weighted by Gasteiger charge is -2.27. The van der Waals surface area contributed by atoms with Gasteiger partial charge in [-0.1, -0.05) is 54.6 Å². The molecule has 4 aromatic rings. The van der Waals surface area contributed by atoms with Crippen LogP contribution in [-0.2, 0) is 38.7 Å². The highest BCUT2D eigenvalue weighted by Crippen LogP contribution is 2.39. The van der Waals surface area contributed by atoms with Gasteiger partial charge in [-0.25, -0.2) is 19.5 Å². The van der Waals surface area contributed by atoms with Gasteiger partial charge >= 0.3 is 6.09 Å². The van der Waals surface area contributed by atoms with Crippen molar-refractivity contribution < 1.29 is 23.8 Å². The Morgan fingerprint density at radius 1 is 0.945 bits per heavy atom. The second kappa shape index (κ2) is 17.3. The first-order chi connectivity index (χ1) is 26.1. The molecule has 296 valence electrons. The fourth-order valence-electron chi connectivity index (χ4n) is 7.40. The Kier molecular flexibility index (Phi) is 12.8. The third kappa shape index (κ3) is 10.8. The molecule has 3 aromatic carbocycles. The molecule has 1 saturated heterocycles. The third-order valence-electron chi connectivity index (χ3n) is 10.3. The Labute approximate surface area is 328 Å². The number of aromatic nitrogens is 2. The summed E-state index contributed by atoms with van der Waals surface area (Å²) in [5.74, 6) is 0.536. The van der Waals surface area contributed by atoms with E-state index in [1.165, 1.54) is 11.1 Å². The lowest BCUT2D eigenvalue weighted by Crippen LogP contribution is -2.48. The molecular formula is C44H59N5O5S. The van der Waals surface area contributed by atoms with E-state index >= 15 is 0 Å². The van der Waals surface area contributed by atoms with Gasteiger partial charge in [-0.05, 0) is 112 Å². The van der Waals surface area contributed by atoms with E-state index in [0.29, 0.717) is 19.0 Å². The van der Waals surface area contributed by atoms with Gasteiger partial charge in [-0.2, -0.15) is 5.10 Å². The molecule has 0 spiro atoms. The highest BCUT2D eigenvalue weighted by atomic mass is 32.3. The van der Waals surface area contributed by atoms with Crippen LogP contribution in [0.2, 0.25) is 0 Å². The summed E-state index contributed by atoms with van der Waals surface area (Å²) in [5, 5.41) is 10.8. The monoisotopic (exact) mass is 769 g/mol. The molecule has 0 saturated carbocycles. The quantitative estimate of drug-likeness (QED) is 0.133. The smallest absolute Gasteiger partial charge is 0.408 e. The van der Waals surface area contributed by atoms with Gasteiger partial charge in [0.25, 0.3) is 0 Å². The van der Waals surface area contributed by atoms with Crippen LogP contribution in [0, 0.1) is 13.8 Å². The van der Waals surface area contributed by atoms with Crippen LogP contribution in [0.25, 0.3) is 22.3 Å². The molecule has 2 atom stereocenters. The number of nitrogens with zero attached hydrogens (tertiary/aromatic N) is 3. The average molecular weight is 770 g/mol. The fourth-order valence-corrected chi connectivity index (χ4v) is 8.02. The molecule has 1 fully saturated rings. The van der Waals surface area contributed by atoms with Crippen molar-refractivity contribution in [2.45, 2.75) is 78.3 Å². The minimum atomic E-state index is -0.843. The van der Waals surface area contributed by atoms with Crippen LogP contribution in [0.5, 0.6) is 0 Å². The van der Waals surface area contributed by atoms with Crippen molar-refractivity contribution in [3.8, 4) is 22.3 Å². The zero-order valence-corrected chi connectivity index (χ0v) is 34.7. The first-order valence-electron chi connectivity index (χ1n) is 19.3. The lowest BCUT2D eigenvalue weighted by molar-refractivity contribution is -0.118. The molecule has 0 bridgehead atoms. The zero-order chi connectivity index (χ0) is 39.3. The Bertz CT molecular complexity index is 1940. The van der Waals surface area contributed by atoms with Gasteiger partial charge < -0.3 is 24.8 Å². The molecular weight excluding hydrogens is 711 g/mol. The molecule has 55 heavy (non-hydrogen) atoms. The minimum Gasteiger partial charge on any atom is -0.444 e. The number of nitrogens with one attached hydrogen (secondary N) is 2. The van der Waals surface area contributed by atoms with E-state index in [2.05, 4.69) is 83.7 Å². The highest BCUT2D eigenvalue weighted by molar-refractivity contribution is 8.32. The van der Waals surface area contributed by atoms with E-state index in [1.807, 2.05) is 56.6 Å². The van der Waals surface area contributed by atoms with Gasteiger partial charge in [0.1, 0.15) is 18.4 Å². The van der Waals surface area contributed by atoms with E-state index in [4.69, 9.17) is 19.3 Å². The summed E-state index contributed by atoms with van der Waals surface area (Å²) < 4.78 is 19.0. The van der Waals surface area contributed by atoms with Gasteiger partial charge in [0.15, 0.2) is 0 Å². The first kappa shape index (κ1) is 40.5. The Hall–Kier alpha value is -4.16. The number of aryl methyl sites for hydroxylation is 2. The second-order valence-corrected chi connectivity index (χ2v) is 21.3. The molecule has 1 aliphatic heterocycles. The number of benzene rings is 3. The SMILES string of the molecule is Cc1nn(COCCS(C)(C)C)c(C)c1-c1ccc(NC(=O)[C@@H](NC(=O)OC(C)(C)C)[C@@H]2CCc3ccc(-c4ccc(CN5CCOCC5)cc4)cc32)cc1. The van der Waals surface area contributed by atoms with Crippen LogP contribution in [0.4, 0.5) is 10.5 Å². The van der Waals surface area contributed by atoms with E-state index in [0.717, 1.165) is 90.6 Å². The molecule has 10 nitrogen and oxygen atoms in total. The molecule has 0 radical (unpaired) electrons. The van der Waals surface area contributed by atoms with Crippen molar-refractivity contribution in [2.75, 3.05) is 62.7 Å². The molecule has 2 aliphatic rings. The maximum Gasteiger partial charge on any atom is 0.408 e. The molecule has 2 N–H and O–H groups in total. The van der Waals surface area contributed by atoms with E-state index in [-0.39, 0.29) is 11.8 Å². The van der Waals surface area contributed by atoms with Crippen molar-refractivity contribution in [1.82, 2.24) is 20.0 Å². The van der Waals surface area contributed by atoms with E-state index in [1.54, 1.807) is 0 Å². The molecule has 6 rings (SSSR count). The number of anilines is 1. The van der Waals surface area contributed by atoms with Gasteiger partial charge in [-0.15, -0.1) is 0 Å². The number of ether oxygens (including phenoxy) is 3. The van der Waals surface area contributed by atoms with Gasteiger partial charge in [0, 0.05) is 48.2 Å². The first-order valence-corrected chi connectivity index (χ1v) is 22.4. The number of fused-ring (bicyclic) bond motifs is 1. The van der Waals surface area contributed by atoms with Crippen LogP contribution in [-0.4, -0.2) is 95.8 Å². The Morgan fingerprint density at radius 3 is 2.29 bits per heavy atom. The molecule has 0 unspecified atom stereocenters. The molecule has 2 amide bonds. The van der Waals surface area contributed by atoms with Crippen molar-refractivity contribution in [2.24, 2.45) is 0 Å². The van der Waals surface area contributed by atoms with Crippen LogP contribution >= 0.6 is 10.0 Å². The van der Waals surface area contributed by atoms with E-state index < -0.39 is 27.8 Å². The summed E-state index contributed by atoms with van der Waals surface area (Å²) in [6.45, 7) is 15.0. The van der Waals surface area contributed by atoms with Gasteiger partial charge in [0.05, 0.1) is 25.5 Å². The number of amides is 2. The van der Waals surface area contributed by atoms with Crippen LogP contribution in [0.3, 0.4) is 0 Å². The largest absolute Gasteiger partial charge is 0.444 e. The van der Waals surface area contributed by atoms with Gasteiger partial charge in [-0.3, -0.25) is 9.69 Å². The average Bonchev–Trinajstić information content (AvgIpc) is 3.67. The maximum absolute atomic E-state index is 14.2. The predicted molar refractivity (Wildman–Crippen MR) is 224 cm³/mol. The van der Waals surface area contributed by atoms with Crippen molar-refractivity contribution >= 4 is 27.7 Å². The molecule has 1 aromatic heterocycles. The normalized spacial score (nSPS) is 17.1. The maximum atomic E-state index is 14.2. The highest BCUT2D eigenvalue weighted by Gasteiger charge is 2.37. The molecule has 2 heterocycles. The number of hydrogen-bond acceptors (Lipinski definition) is 7. The Morgan fingerprint density at radius 2 is 1.62 bits per heavy atom. The molecule has 11 heteroatoms. The summed E-state index contributed by atoms with van der Waals surface area (Å²) in [6.07, 6.45) is 7.81. The summed E-state index contributed by atoms with van der Waals surface area (Å²) >= 11 is 0. The number of morpholine rings is 1. The summed E-state index contributed by atoms with van der Waals surface area (Å²) in [7, 11) is -0.617. The number of carbonyl (C=O) groups is 2. The van der Waals surface area contributed by atoms with Crippen molar-refractivity contribution in [1.29, 1.82) is 0 Å².